The van der Waals surface area contributed by atoms with E-state index >= 15 is 0 Å². The molecule has 0 saturated heterocycles. The van der Waals surface area contributed by atoms with Crippen LogP contribution in [-0.4, -0.2) is 5.78 Å². The molecule has 74 valence electrons. The van der Waals surface area contributed by atoms with Crippen molar-refractivity contribution in [3.63, 3.8) is 0 Å². The van der Waals surface area contributed by atoms with Gasteiger partial charge in [-0.2, -0.15) is 0 Å². The number of carbonyl (C=O) groups excluding carboxylic acids is 1. The lowest BCUT2D eigenvalue weighted by molar-refractivity contribution is 0.0975. The van der Waals surface area contributed by atoms with Crippen LogP contribution in [0.15, 0.2) is 27.1 Å². The Morgan fingerprint density at radius 2 is 2.07 bits per heavy atom. The van der Waals surface area contributed by atoms with Gasteiger partial charge in [-0.1, -0.05) is 31.9 Å². The van der Waals surface area contributed by atoms with Crippen LogP contribution in [0.2, 0.25) is 0 Å². The second-order valence-electron chi connectivity index (χ2n) is 3.69. The van der Waals surface area contributed by atoms with Crippen molar-refractivity contribution in [2.75, 3.05) is 0 Å². The van der Waals surface area contributed by atoms with Crippen molar-refractivity contribution < 1.29 is 4.79 Å². The van der Waals surface area contributed by atoms with Gasteiger partial charge in [0.15, 0.2) is 5.78 Å². The first-order valence-electron chi connectivity index (χ1n) is 4.65. The molecule has 0 spiro atoms. The maximum atomic E-state index is 11.8. The van der Waals surface area contributed by atoms with E-state index in [1.807, 2.05) is 18.2 Å². The maximum absolute atomic E-state index is 11.8. The van der Waals surface area contributed by atoms with Crippen LogP contribution in [0.5, 0.6) is 0 Å². The van der Waals surface area contributed by atoms with Gasteiger partial charge >= 0.3 is 0 Å². The Bertz CT molecular complexity index is 370. The quantitative estimate of drug-likeness (QED) is 0.764. The lowest BCUT2D eigenvalue weighted by Gasteiger charge is -2.03. The molecule has 0 heterocycles. The maximum Gasteiger partial charge on any atom is 0.164 e. The van der Waals surface area contributed by atoms with E-state index in [0.29, 0.717) is 12.3 Å². The zero-order valence-corrected chi connectivity index (χ0v) is 10.8. The molecule has 1 nitrogen and oxygen atoms in total. The van der Waals surface area contributed by atoms with Crippen LogP contribution in [0.1, 0.15) is 29.6 Å². The normalized spacial score (nSPS) is 15.6. The summed E-state index contributed by atoms with van der Waals surface area (Å²) < 4.78 is 1.85. The van der Waals surface area contributed by atoms with Crippen molar-refractivity contribution in [1.82, 2.24) is 0 Å². The number of ketones is 1. The minimum absolute atomic E-state index is 0.251. The van der Waals surface area contributed by atoms with E-state index in [9.17, 15) is 4.79 Å². The largest absolute Gasteiger partial charge is 0.294 e. The molecule has 0 N–H and O–H groups in total. The van der Waals surface area contributed by atoms with Crippen molar-refractivity contribution in [2.24, 2.45) is 5.92 Å². The molecule has 0 bridgehead atoms. The third-order valence-corrected chi connectivity index (χ3v) is 3.58. The first kappa shape index (κ1) is 10.4. The Hall–Kier alpha value is -0.150. The van der Waals surface area contributed by atoms with Gasteiger partial charge in [0, 0.05) is 20.9 Å². The summed E-state index contributed by atoms with van der Waals surface area (Å²) >= 11 is 6.77. The summed E-state index contributed by atoms with van der Waals surface area (Å²) in [5.74, 6) is 0.897. The Labute approximate surface area is 100 Å². The van der Waals surface area contributed by atoms with E-state index in [2.05, 4.69) is 31.9 Å². The summed E-state index contributed by atoms with van der Waals surface area (Å²) in [5.41, 5.74) is 0.797. The molecule has 0 atom stereocenters. The molecule has 0 aliphatic heterocycles. The summed E-state index contributed by atoms with van der Waals surface area (Å²) in [6, 6.07) is 5.72. The van der Waals surface area contributed by atoms with E-state index < -0.39 is 0 Å². The molecule has 0 aromatic heterocycles. The highest BCUT2D eigenvalue weighted by Gasteiger charge is 2.25. The van der Waals surface area contributed by atoms with Gasteiger partial charge in [0.1, 0.15) is 0 Å². The molecule has 1 aromatic carbocycles. The molecule has 1 saturated carbocycles. The van der Waals surface area contributed by atoms with Crippen molar-refractivity contribution in [3.05, 3.63) is 32.7 Å². The van der Waals surface area contributed by atoms with Gasteiger partial charge < -0.3 is 0 Å². The molecule has 1 aliphatic carbocycles. The molecule has 14 heavy (non-hydrogen) atoms. The van der Waals surface area contributed by atoms with Crippen molar-refractivity contribution >= 4 is 37.6 Å². The molecule has 0 amide bonds. The number of hydrogen-bond acceptors (Lipinski definition) is 1. The van der Waals surface area contributed by atoms with Crippen molar-refractivity contribution in [1.29, 1.82) is 0 Å². The van der Waals surface area contributed by atoms with Gasteiger partial charge in [-0.25, -0.2) is 0 Å². The standard InChI is InChI=1S/C11H10Br2O/c12-8-3-4-10(13)9(6-8)11(14)5-7-1-2-7/h3-4,6-7H,1-2,5H2. The fraction of sp³-hybridized carbons (Fsp3) is 0.364. The van der Waals surface area contributed by atoms with Gasteiger partial charge in [-0.15, -0.1) is 0 Å². The van der Waals surface area contributed by atoms with E-state index in [-0.39, 0.29) is 5.78 Å². The fourth-order valence-corrected chi connectivity index (χ4v) is 2.23. The summed E-state index contributed by atoms with van der Waals surface area (Å²) in [4.78, 5) is 11.8. The molecule has 0 unspecified atom stereocenters. The second kappa shape index (κ2) is 4.15. The average molecular weight is 318 g/mol. The van der Waals surface area contributed by atoms with Crippen LogP contribution in [0, 0.1) is 5.92 Å². The number of rotatable bonds is 3. The molecule has 3 heteroatoms. The molecule has 1 aromatic rings. The van der Waals surface area contributed by atoms with Crippen LogP contribution in [0.4, 0.5) is 0 Å². The molecular weight excluding hydrogens is 308 g/mol. The summed E-state index contributed by atoms with van der Waals surface area (Å²) in [5, 5.41) is 0. The van der Waals surface area contributed by atoms with Gasteiger partial charge in [0.25, 0.3) is 0 Å². The van der Waals surface area contributed by atoms with Crippen LogP contribution in [-0.2, 0) is 0 Å². The van der Waals surface area contributed by atoms with E-state index in [0.717, 1.165) is 14.5 Å². The molecule has 0 radical (unpaired) electrons. The smallest absolute Gasteiger partial charge is 0.164 e. The lowest BCUT2D eigenvalue weighted by atomic mass is 10.1. The first-order chi connectivity index (χ1) is 6.66. The zero-order valence-electron chi connectivity index (χ0n) is 7.59. The van der Waals surface area contributed by atoms with Crippen LogP contribution in [0.3, 0.4) is 0 Å². The summed E-state index contributed by atoms with van der Waals surface area (Å²) in [6.45, 7) is 0. The Kier molecular flexibility index (Phi) is 3.07. The third kappa shape index (κ3) is 2.45. The third-order valence-electron chi connectivity index (χ3n) is 2.40. The van der Waals surface area contributed by atoms with E-state index in [1.54, 1.807) is 0 Å². The number of hydrogen-bond donors (Lipinski definition) is 0. The summed E-state index contributed by atoms with van der Waals surface area (Å²) in [6.07, 6.45) is 3.14. The first-order valence-corrected chi connectivity index (χ1v) is 6.23. The second-order valence-corrected chi connectivity index (χ2v) is 5.46. The summed E-state index contributed by atoms with van der Waals surface area (Å²) in [7, 11) is 0. The van der Waals surface area contributed by atoms with E-state index in [4.69, 9.17) is 0 Å². The highest BCUT2D eigenvalue weighted by molar-refractivity contribution is 9.11. The Balaban J connectivity index is 2.20. The van der Waals surface area contributed by atoms with Crippen LogP contribution < -0.4 is 0 Å². The van der Waals surface area contributed by atoms with Crippen LogP contribution in [0.25, 0.3) is 0 Å². The van der Waals surface area contributed by atoms with Crippen molar-refractivity contribution in [2.45, 2.75) is 19.3 Å². The van der Waals surface area contributed by atoms with Gasteiger partial charge in [0.2, 0.25) is 0 Å². The molecule has 1 fully saturated rings. The number of carbonyl (C=O) groups is 1. The molecular formula is C11H10Br2O. The predicted molar refractivity (Wildman–Crippen MR) is 63.5 cm³/mol. The number of benzene rings is 1. The Morgan fingerprint density at radius 1 is 1.36 bits per heavy atom. The van der Waals surface area contributed by atoms with Gasteiger partial charge in [-0.3, -0.25) is 4.79 Å². The fourth-order valence-electron chi connectivity index (χ4n) is 1.41. The highest BCUT2D eigenvalue weighted by Crippen LogP contribution is 2.34. The van der Waals surface area contributed by atoms with Crippen molar-refractivity contribution in [3.8, 4) is 0 Å². The lowest BCUT2D eigenvalue weighted by Crippen LogP contribution is -2.01. The molecule has 1 aliphatic rings. The highest BCUT2D eigenvalue weighted by atomic mass is 79.9. The SMILES string of the molecule is O=C(CC1CC1)c1cc(Br)ccc1Br. The van der Waals surface area contributed by atoms with E-state index in [1.165, 1.54) is 12.8 Å². The van der Waals surface area contributed by atoms with Crippen LogP contribution >= 0.6 is 31.9 Å². The number of Topliss-reactive ketones (excluding diaryl/α,β-unsaturated/α-hetero) is 1. The zero-order chi connectivity index (χ0) is 10.1. The Morgan fingerprint density at radius 3 is 2.71 bits per heavy atom. The minimum atomic E-state index is 0.251. The molecule has 2 rings (SSSR count). The van der Waals surface area contributed by atoms with Gasteiger partial charge in [-0.05, 0) is 37.0 Å². The van der Waals surface area contributed by atoms with Gasteiger partial charge in [0.05, 0.1) is 0 Å². The average Bonchev–Trinajstić information content (AvgIpc) is 2.93. The topological polar surface area (TPSA) is 17.1 Å². The predicted octanol–water partition coefficient (Wildman–Crippen LogP) is 4.19. The number of halogens is 2. The monoisotopic (exact) mass is 316 g/mol. The minimum Gasteiger partial charge on any atom is -0.294 e.